The second-order valence-electron chi connectivity index (χ2n) is 7.69. The molecule has 0 nitrogen and oxygen atoms in total. The van der Waals surface area contributed by atoms with Crippen LogP contribution >= 0.6 is 0 Å². The van der Waals surface area contributed by atoms with Gasteiger partial charge in [0.15, 0.2) is 0 Å². The van der Waals surface area contributed by atoms with Gasteiger partial charge < -0.3 is 0 Å². The summed E-state index contributed by atoms with van der Waals surface area (Å²) < 4.78 is 0. The van der Waals surface area contributed by atoms with Crippen LogP contribution in [0, 0.1) is 23.7 Å². The van der Waals surface area contributed by atoms with Crippen LogP contribution in [0.2, 0.25) is 0 Å². The zero-order valence-corrected chi connectivity index (χ0v) is 20.0. The molecule has 0 saturated heterocycles. The van der Waals surface area contributed by atoms with Gasteiger partial charge in [-0.3, -0.25) is 0 Å². The molecule has 0 heteroatoms. The summed E-state index contributed by atoms with van der Waals surface area (Å²) in [6.07, 6.45) is 10.6. The molecule has 0 aromatic carbocycles. The van der Waals surface area contributed by atoms with Crippen molar-refractivity contribution in [3.05, 3.63) is 0 Å². The fourth-order valence-corrected chi connectivity index (χ4v) is 1.15. The number of hydrogen-bond acceptors (Lipinski definition) is 0. The third-order valence-corrected chi connectivity index (χ3v) is 5.58. The van der Waals surface area contributed by atoms with Crippen molar-refractivity contribution in [1.29, 1.82) is 0 Å². The Bertz CT molecular complexity index is 117. The molecule has 0 bridgehead atoms. The Morgan fingerprint density at radius 3 is 0.370 bits per heavy atom. The molecule has 0 aromatic heterocycles. The molecule has 0 amide bonds. The van der Waals surface area contributed by atoms with E-state index in [-0.39, 0.29) is 22.3 Å². The summed E-state index contributed by atoms with van der Waals surface area (Å²) in [5, 5.41) is 0. The fraction of sp³-hybridized carbons (Fsp3) is 1.00. The zero-order valence-electron chi connectivity index (χ0n) is 20.0. The highest BCUT2D eigenvalue weighted by Crippen LogP contribution is 2.04. The molecule has 0 aliphatic heterocycles. The summed E-state index contributed by atoms with van der Waals surface area (Å²) in [6.45, 7) is 27.0. The Morgan fingerprint density at radius 2 is 0.370 bits per heavy atom. The van der Waals surface area contributed by atoms with Crippen molar-refractivity contribution < 1.29 is 0 Å². The molecular formula is C27H68. The van der Waals surface area contributed by atoms with Crippen LogP contribution < -0.4 is 0 Å². The summed E-state index contributed by atoms with van der Waals surface area (Å²) in [4.78, 5) is 0. The van der Waals surface area contributed by atoms with Gasteiger partial charge in [0, 0.05) is 0 Å². The maximum Gasteiger partial charge on any atom is -0.0448 e. The lowest BCUT2D eigenvalue weighted by atomic mass is 10.1. The average Bonchev–Trinajstić information content (AvgIpc) is 2.66. The SMILES string of the molecule is C.C.C.CCC(C)CC.CCC(C)CC.CCC(C)CC.CCC(C)CC. The topological polar surface area (TPSA) is 0 Å². The minimum absolute atomic E-state index is 0. The lowest BCUT2D eigenvalue weighted by Crippen LogP contribution is -1.85. The van der Waals surface area contributed by atoms with Crippen molar-refractivity contribution in [1.82, 2.24) is 0 Å². The van der Waals surface area contributed by atoms with Gasteiger partial charge in [-0.2, -0.15) is 0 Å². The van der Waals surface area contributed by atoms with Gasteiger partial charge in [0.2, 0.25) is 0 Å². The van der Waals surface area contributed by atoms with E-state index in [0.717, 1.165) is 23.7 Å². The first-order chi connectivity index (χ1) is 11.2. The molecule has 27 heavy (non-hydrogen) atoms. The third kappa shape index (κ3) is 58.5. The molecule has 176 valence electrons. The average molecular weight is 393 g/mol. The summed E-state index contributed by atoms with van der Waals surface area (Å²) in [7, 11) is 0. The quantitative estimate of drug-likeness (QED) is 0.385. The second-order valence-corrected chi connectivity index (χ2v) is 7.69. The van der Waals surface area contributed by atoms with Gasteiger partial charge >= 0.3 is 0 Å². The van der Waals surface area contributed by atoms with Gasteiger partial charge in [-0.05, 0) is 23.7 Å². The molecule has 0 saturated carbocycles. The Morgan fingerprint density at radius 1 is 0.296 bits per heavy atom. The van der Waals surface area contributed by atoms with Gasteiger partial charge in [0.25, 0.3) is 0 Å². The molecule has 0 atom stereocenters. The molecule has 0 heterocycles. The van der Waals surface area contributed by atoms with Crippen molar-refractivity contribution in [3.8, 4) is 0 Å². The van der Waals surface area contributed by atoms with Crippen LogP contribution in [0.15, 0.2) is 0 Å². The first-order valence-corrected chi connectivity index (χ1v) is 11.2. The van der Waals surface area contributed by atoms with E-state index in [9.17, 15) is 0 Å². The normalized spacial score (nSPS) is 8.89. The molecule has 0 aromatic rings. The van der Waals surface area contributed by atoms with Gasteiger partial charge in [0.05, 0.1) is 0 Å². The predicted octanol–water partition coefficient (Wildman–Crippen LogP) is 11.7. The van der Waals surface area contributed by atoms with Gasteiger partial charge in [-0.25, -0.2) is 0 Å². The summed E-state index contributed by atoms with van der Waals surface area (Å²) in [6, 6.07) is 0. The van der Waals surface area contributed by atoms with Crippen molar-refractivity contribution in [2.45, 2.75) is 157 Å². The summed E-state index contributed by atoms with van der Waals surface area (Å²) >= 11 is 0. The third-order valence-electron chi connectivity index (χ3n) is 5.58. The lowest BCUT2D eigenvalue weighted by molar-refractivity contribution is 0.544. The van der Waals surface area contributed by atoms with E-state index in [1.807, 2.05) is 0 Å². The van der Waals surface area contributed by atoms with Crippen LogP contribution in [0.3, 0.4) is 0 Å². The summed E-state index contributed by atoms with van der Waals surface area (Å²) in [5.74, 6) is 3.74. The fourth-order valence-electron chi connectivity index (χ4n) is 1.15. The molecule has 0 rings (SSSR count). The zero-order chi connectivity index (χ0) is 20.0. The van der Waals surface area contributed by atoms with Crippen LogP contribution in [-0.4, -0.2) is 0 Å². The number of rotatable bonds is 8. The van der Waals surface area contributed by atoms with Crippen molar-refractivity contribution in [2.24, 2.45) is 23.7 Å². The second kappa shape index (κ2) is 40.6. The molecule has 0 unspecified atom stereocenters. The highest BCUT2D eigenvalue weighted by Gasteiger charge is 1.90. The summed E-state index contributed by atoms with van der Waals surface area (Å²) in [5.41, 5.74) is 0. The maximum absolute atomic E-state index is 2.28. The van der Waals surface area contributed by atoms with Gasteiger partial charge in [-0.15, -0.1) is 0 Å². The van der Waals surface area contributed by atoms with E-state index < -0.39 is 0 Å². The Hall–Kier alpha value is 0. The van der Waals surface area contributed by atoms with E-state index in [1.54, 1.807) is 0 Å². The first kappa shape index (κ1) is 45.6. The molecule has 0 N–H and O–H groups in total. The smallest absolute Gasteiger partial charge is 0.0448 e. The lowest BCUT2D eigenvalue weighted by Gasteiger charge is -1.98. The highest BCUT2D eigenvalue weighted by atomic mass is 14.0. The number of hydrogen-bond donors (Lipinski definition) is 0. The van der Waals surface area contributed by atoms with Crippen molar-refractivity contribution in [2.75, 3.05) is 0 Å². The minimum atomic E-state index is 0. The molecule has 0 fully saturated rings. The molecule has 0 spiro atoms. The first-order valence-electron chi connectivity index (χ1n) is 11.2. The standard InChI is InChI=1S/4C6H14.3CH4/c4*1-4-6(3)5-2;;;/h4*6H,4-5H2,1-3H3;3*1H4. The van der Waals surface area contributed by atoms with E-state index in [4.69, 9.17) is 0 Å². The molecule has 0 aliphatic rings. The van der Waals surface area contributed by atoms with E-state index in [2.05, 4.69) is 83.1 Å². The van der Waals surface area contributed by atoms with E-state index in [1.165, 1.54) is 51.4 Å². The van der Waals surface area contributed by atoms with Crippen LogP contribution in [-0.2, 0) is 0 Å². The largest absolute Gasteiger partial charge is 0.0776 e. The van der Waals surface area contributed by atoms with Gasteiger partial charge in [0.1, 0.15) is 0 Å². The molecular weight excluding hydrogens is 324 g/mol. The van der Waals surface area contributed by atoms with Gasteiger partial charge in [-0.1, -0.05) is 157 Å². The van der Waals surface area contributed by atoms with Crippen LogP contribution in [0.5, 0.6) is 0 Å². The van der Waals surface area contributed by atoms with Crippen molar-refractivity contribution >= 4 is 0 Å². The van der Waals surface area contributed by atoms with Crippen LogP contribution in [0.25, 0.3) is 0 Å². The molecule has 0 aliphatic carbocycles. The Kier molecular flexibility index (Phi) is 68.7. The minimum Gasteiger partial charge on any atom is -0.0776 e. The van der Waals surface area contributed by atoms with E-state index in [0.29, 0.717) is 0 Å². The Labute approximate surface area is 180 Å². The monoisotopic (exact) mass is 393 g/mol. The molecule has 0 radical (unpaired) electrons. The maximum atomic E-state index is 2.28. The van der Waals surface area contributed by atoms with Crippen LogP contribution in [0.4, 0.5) is 0 Å². The predicted molar refractivity (Wildman–Crippen MR) is 139 cm³/mol. The highest BCUT2D eigenvalue weighted by molar-refractivity contribution is 4.43. The van der Waals surface area contributed by atoms with Crippen molar-refractivity contribution in [3.63, 3.8) is 0 Å². The van der Waals surface area contributed by atoms with Crippen LogP contribution in [0.1, 0.15) is 157 Å². The Balaban J connectivity index is -0.0000000381. The van der Waals surface area contributed by atoms with E-state index >= 15 is 0 Å².